The number of carbonyl (C=O) groups excluding carboxylic acids is 1. The molecule has 0 aromatic carbocycles. The molecule has 4 heteroatoms. The van der Waals surface area contributed by atoms with Crippen LogP contribution in [0.15, 0.2) is 0 Å². The van der Waals surface area contributed by atoms with Crippen LogP contribution in [0.3, 0.4) is 0 Å². The van der Waals surface area contributed by atoms with Crippen LogP contribution in [0.2, 0.25) is 0 Å². The molecular formula is C14H28N2O2. The third-order valence-corrected chi connectivity index (χ3v) is 3.34. The zero-order chi connectivity index (χ0) is 13.6. The molecule has 1 aliphatic rings. The van der Waals surface area contributed by atoms with E-state index < -0.39 is 11.1 Å². The first-order valence-electron chi connectivity index (χ1n) is 7.08. The first-order valence-corrected chi connectivity index (χ1v) is 7.08. The number of hydrogen-bond donors (Lipinski definition) is 2. The second-order valence-electron chi connectivity index (χ2n) is 6.21. The highest BCUT2D eigenvalue weighted by Crippen LogP contribution is 2.29. The molecule has 4 nitrogen and oxygen atoms in total. The third kappa shape index (κ3) is 4.58. The Morgan fingerprint density at radius 3 is 2.56 bits per heavy atom. The van der Waals surface area contributed by atoms with Gasteiger partial charge in [0.15, 0.2) is 0 Å². The predicted octanol–water partition coefficient (Wildman–Crippen LogP) is 1.97. The second-order valence-corrected chi connectivity index (χ2v) is 6.21. The number of nitrogens with two attached hydrogens (primary N) is 1. The number of nitrogens with one attached hydrogen (secondary N) is 1. The largest absolute Gasteiger partial charge is 0.459 e. The zero-order valence-electron chi connectivity index (χ0n) is 12.1. The Balaban J connectivity index is 2.54. The first-order chi connectivity index (χ1) is 8.40. The van der Waals surface area contributed by atoms with Gasteiger partial charge in [-0.2, -0.15) is 0 Å². The summed E-state index contributed by atoms with van der Waals surface area (Å²) < 4.78 is 5.56. The van der Waals surface area contributed by atoms with Crippen molar-refractivity contribution >= 4 is 5.97 Å². The molecule has 0 unspecified atom stereocenters. The van der Waals surface area contributed by atoms with Crippen molar-refractivity contribution in [2.45, 2.75) is 70.4 Å². The predicted molar refractivity (Wildman–Crippen MR) is 73.3 cm³/mol. The van der Waals surface area contributed by atoms with Gasteiger partial charge < -0.3 is 15.8 Å². The number of carbonyl (C=O) groups is 1. The highest BCUT2D eigenvalue weighted by atomic mass is 16.6. The summed E-state index contributed by atoms with van der Waals surface area (Å²) in [6.45, 7) is 7.40. The lowest BCUT2D eigenvalue weighted by Crippen LogP contribution is -2.50. The molecule has 0 aromatic rings. The highest BCUT2D eigenvalue weighted by Gasteiger charge is 2.43. The fraction of sp³-hybridized carbons (Fsp3) is 0.929. The lowest BCUT2D eigenvalue weighted by molar-refractivity contribution is -0.163. The minimum atomic E-state index is -0.443. The minimum Gasteiger partial charge on any atom is -0.459 e. The van der Waals surface area contributed by atoms with Crippen molar-refractivity contribution < 1.29 is 9.53 Å². The molecule has 0 amide bonds. The molecule has 18 heavy (non-hydrogen) atoms. The van der Waals surface area contributed by atoms with Crippen LogP contribution in [-0.2, 0) is 9.53 Å². The summed E-state index contributed by atoms with van der Waals surface area (Å²) in [6, 6.07) is 0. The molecular weight excluding hydrogens is 228 g/mol. The molecule has 0 saturated carbocycles. The van der Waals surface area contributed by atoms with Crippen LogP contribution in [0.5, 0.6) is 0 Å². The van der Waals surface area contributed by atoms with Crippen molar-refractivity contribution in [2.75, 3.05) is 13.1 Å². The summed E-state index contributed by atoms with van der Waals surface area (Å²) in [7, 11) is 0. The van der Waals surface area contributed by atoms with Crippen molar-refractivity contribution in [2.24, 2.45) is 5.73 Å². The highest BCUT2D eigenvalue weighted by molar-refractivity contribution is 5.81. The van der Waals surface area contributed by atoms with Crippen LogP contribution in [0.4, 0.5) is 0 Å². The molecule has 3 N–H and O–H groups in total. The van der Waals surface area contributed by atoms with Gasteiger partial charge in [0.25, 0.3) is 0 Å². The summed E-state index contributed by atoms with van der Waals surface area (Å²) in [5.41, 5.74) is 4.64. The molecule has 1 atom stereocenters. The molecule has 0 bridgehead atoms. The van der Waals surface area contributed by atoms with E-state index >= 15 is 0 Å². The Morgan fingerprint density at radius 1 is 1.33 bits per heavy atom. The molecule has 1 aliphatic heterocycles. The number of rotatable bonds is 6. The zero-order valence-corrected chi connectivity index (χ0v) is 12.1. The summed E-state index contributed by atoms with van der Waals surface area (Å²) in [5.74, 6) is -0.0831. The van der Waals surface area contributed by atoms with Crippen LogP contribution in [-0.4, -0.2) is 30.2 Å². The topological polar surface area (TPSA) is 64.3 Å². The minimum absolute atomic E-state index is 0.0831. The van der Waals surface area contributed by atoms with Crippen molar-refractivity contribution in [3.8, 4) is 0 Å². The Bertz CT molecular complexity index is 265. The fourth-order valence-electron chi connectivity index (χ4n) is 2.42. The average Bonchev–Trinajstić information content (AvgIpc) is 2.72. The Hall–Kier alpha value is -0.610. The van der Waals surface area contributed by atoms with Gasteiger partial charge in [-0.05, 0) is 59.5 Å². The molecule has 1 fully saturated rings. The van der Waals surface area contributed by atoms with E-state index in [0.717, 1.165) is 51.6 Å². The van der Waals surface area contributed by atoms with Gasteiger partial charge in [0, 0.05) is 0 Å². The number of esters is 1. The quantitative estimate of drug-likeness (QED) is 0.563. The fourth-order valence-corrected chi connectivity index (χ4v) is 2.42. The van der Waals surface area contributed by atoms with Crippen molar-refractivity contribution in [3.63, 3.8) is 0 Å². The van der Waals surface area contributed by atoms with E-state index in [2.05, 4.69) is 5.32 Å². The van der Waals surface area contributed by atoms with E-state index in [1.165, 1.54) is 0 Å². The Labute approximate surface area is 111 Å². The van der Waals surface area contributed by atoms with Gasteiger partial charge in [-0.25, -0.2) is 0 Å². The average molecular weight is 256 g/mol. The monoisotopic (exact) mass is 256 g/mol. The van der Waals surface area contributed by atoms with E-state index in [-0.39, 0.29) is 5.97 Å². The molecule has 1 saturated heterocycles. The SMILES string of the molecule is CC(C)(C)OC(=O)[C@]1(CCCCCN)CCCN1. The summed E-state index contributed by atoms with van der Waals surface area (Å²) in [5, 5.41) is 3.36. The molecule has 0 spiro atoms. The van der Waals surface area contributed by atoms with Crippen LogP contribution >= 0.6 is 0 Å². The molecule has 0 aromatic heterocycles. The van der Waals surface area contributed by atoms with Crippen LogP contribution in [0, 0.1) is 0 Å². The first kappa shape index (κ1) is 15.4. The van der Waals surface area contributed by atoms with E-state index in [9.17, 15) is 4.79 Å². The molecule has 106 valence electrons. The number of unbranched alkanes of at least 4 members (excludes halogenated alkanes) is 2. The molecule has 1 heterocycles. The summed E-state index contributed by atoms with van der Waals surface area (Å²) in [6.07, 6.45) is 5.96. The van der Waals surface area contributed by atoms with Crippen molar-refractivity contribution in [3.05, 3.63) is 0 Å². The van der Waals surface area contributed by atoms with Gasteiger partial charge in [-0.3, -0.25) is 4.79 Å². The smallest absolute Gasteiger partial charge is 0.326 e. The van der Waals surface area contributed by atoms with Gasteiger partial charge in [0.2, 0.25) is 0 Å². The molecule has 0 radical (unpaired) electrons. The van der Waals surface area contributed by atoms with E-state index in [1.54, 1.807) is 0 Å². The second kappa shape index (κ2) is 6.53. The standard InChI is InChI=1S/C14H28N2O2/c1-13(2,3)18-12(17)14(9-7-11-16-14)8-5-4-6-10-15/h16H,4-11,15H2,1-3H3/t14-/m0/s1. The lowest BCUT2D eigenvalue weighted by Gasteiger charge is -2.31. The molecule has 1 rings (SSSR count). The Morgan fingerprint density at radius 2 is 2.06 bits per heavy atom. The maximum absolute atomic E-state index is 12.3. The lowest BCUT2D eigenvalue weighted by atomic mass is 9.90. The molecule has 0 aliphatic carbocycles. The van der Waals surface area contributed by atoms with Crippen LogP contribution < -0.4 is 11.1 Å². The van der Waals surface area contributed by atoms with E-state index in [0.29, 0.717) is 0 Å². The maximum Gasteiger partial charge on any atom is 0.326 e. The summed E-state index contributed by atoms with van der Waals surface area (Å²) >= 11 is 0. The van der Waals surface area contributed by atoms with Crippen molar-refractivity contribution in [1.82, 2.24) is 5.32 Å². The van der Waals surface area contributed by atoms with E-state index in [4.69, 9.17) is 10.5 Å². The van der Waals surface area contributed by atoms with Crippen LogP contribution in [0.1, 0.15) is 59.3 Å². The normalized spacial score (nSPS) is 24.2. The number of hydrogen-bond acceptors (Lipinski definition) is 4. The number of ether oxygens (including phenoxy) is 1. The third-order valence-electron chi connectivity index (χ3n) is 3.34. The van der Waals surface area contributed by atoms with Crippen molar-refractivity contribution in [1.29, 1.82) is 0 Å². The van der Waals surface area contributed by atoms with Gasteiger partial charge in [-0.1, -0.05) is 12.8 Å². The Kier molecular flexibility index (Phi) is 5.60. The van der Waals surface area contributed by atoms with E-state index in [1.807, 2.05) is 20.8 Å². The van der Waals surface area contributed by atoms with Gasteiger partial charge >= 0.3 is 5.97 Å². The van der Waals surface area contributed by atoms with Crippen LogP contribution in [0.25, 0.3) is 0 Å². The maximum atomic E-state index is 12.3. The summed E-state index contributed by atoms with van der Waals surface area (Å²) in [4.78, 5) is 12.3. The van der Waals surface area contributed by atoms with Gasteiger partial charge in [-0.15, -0.1) is 0 Å². The van der Waals surface area contributed by atoms with Gasteiger partial charge in [0.05, 0.1) is 0 Å². The van der Waals surface area contributed by atoms with Gasteiger partial charge in [0.1, 0.15) is 11.1 Å².